The number of rotatable bonds is 5. The van der Waals surface area contributed by atoms with Crippen LogP contribution in [0.25, 0.3) is 16.0 Å². The molecule has 106 valence electrons. The molecular weight excluding hydrogens is 365 g/mol. The average molecular weight is 375 g/mol. The number of aliphatic carboxylic acids is 1. The Bertz CT molecular complexity index is 340. The van der Waals surface area contributed by atoms with Crippen LogP contribution in [0, 0.1) is 0 Å². The Morgan fingerprint density at radius 3 is 1.58 bits per heavy atom. The van der Waals surface area contributed by atoms with Gasteiger partial charge in [0.05, 0.1) is 11.8 Å². The van der Waals surface area contributed by atoms with Crippen molar-refractivity contribution >= 4 is 36.3 Å². The summed E-state index contributed by atoms with van der Waals surface area (Å²) in [5.74, 6) is -4.72. The van der Waals surface area contributed by atoms with Gasteiger partial charge >= 0.3 is 28.3 Å². The molecule has 11 heteroatoms. The van der Waals surface area contributed by atoms with Crippen LogP contribution in [0.5, 0.6) is 0 Å². The second-order valence-corrected chi connectivity index (χ2v) is 3.04. The Hall–Kier alpha value is -1.32. The quantitative estimate of drug-likeness (QED) is 0.379. The third-order valence-electron chi connectivity index (χ3n) is 1.33. The van der Waals surface area contributed by atoms with Crippen LogP contribution in [0.15, 0.2) is 0 Å². The van der Waals surface area contributed by atoms with Gasteiger partial charge in [-0.1, -0.05) is 0 Å². The molecule has 0 fully saturated rings. The van der Waals surface area contributed by atoms with Gasteiger partial charge in [-0.15, -0.1) is 19.6 Å². The van der Waals surface area contributed by atoms with Gasteiger partial charge < -0.3 is 35.4 Å². The minimum absolute atomic E-state index is 0.116. The van der Waals surface area contributed by atoms with Crippen LogP contribution in [0.2, 0.25) is 0 Å². The zero-order valence-corrected chi connectivity index (χ0v) is 12.2. The number of nitrogens with zero attached hydrogens (tertiary/aromatic N) is 3. The van der Waals surface area contributed by atoms with Crippen molar-refractivity contribution in [1.82, 2.24) is 0 Å². The third kappa shape index (κ3) is 11.5. The Kier molecular flexibility index (Phi) is 13.8. The molecule has 9 nitrogen and oxygen atoms in total. The SMILES string of the molecule is O=C(O)C(=O)[N-]CC[N-]C(=O)C(=O)[N-]CCS.[O]=[99Tc+3]. The molecule has 0 radical (unpaired) electrons. The van der Waals surface area contributed by atoms with Crippen LogP contribution >= 0.6 is 12.6 Å². The summed E-state index contributed by atoms with van der Waals surface area (Å²) in [6, 6.07) is 0. The van der Waals surface area contributed by atoms with Crippen molar-refractivity contribution in [3.8, 4) is 0 Å². The molecule has 0 saturated heterocycles. The summed E-state index contributed by atoms with van der Waals surface area (Å²) >= 11 is 4.69. The third-order valence-corrected chi connectivity index (χ3v) is 1.53. The van der Waals surface area contributed by atoms with Crippen molar-refractivity contribution in [2.45, 2.75) is 0 Å². The molecule has 0 aromatic heterocycles. The first-order valence-electron chi connectivity index (χ1n) is 4.63. The zero-order valence-electron chi connectivity index (χ0n) is 9.48. The van der Waals surface area contributed by atoms with Crippen LogP contribution in [-0.4, -0.2) is 54.2 Å². The van der Waals surface area contributed by atoms with Crippen LogP contribution in [0.4, 0.5) is 0 Å². The van der Waals surface area contributed by atoms with Crippen LogP contribution in [0.1, 0.15) is 0 Å². The van der Waals surface area contributed by atoms with E-state index in [0.717, 1.165) is 18.9 Å². The second-order valence-electron chi connectivity index (χ2n) is 2.59. The molecule has 0 unspecified atom stereocenters. The molecule has 0 aromatic rings. The van der Waals surface area contributed by atoms with Gasteiger partial charge in [0.1, 0.15) is 0 Å². The van der Waals surface area contributed by atoms with E-state index in [0.29, 0.717) is 5.75 Å². The van der Waals surface area contributed by atoms with Gasteiger partial charge in [0.25, 0.3) is 0 Å². The van der Waals surface area contributed by atoms with Gasteiger partial charge in [0, 0.05) is 0 Å². The van der Waals surface area contributed by atoms with Crippen molar-refractivity contribution < 1.29 is 46.6 Å². The first-order chi connectivity index (χ1) is 8.99. The zero-order chi connectivity index (χ0) is 15.3. The second kappa shape index (κ2) is 13.1. The van der Waals surface area contributed by atoms with E-state index in [4.69, 9.17) is 8.61 Å². The average Bonchev–Trinajstić information content (AvgIpc) is 2.42. The predicted molar refractivity (Wildman–Crippen MR) is 61.9 cm³/mol. The minimum atomic E-state index is -1.68. The van der Waals surface area contributed by atoms with Crippen LogP contribution in [0.3, 0.4) is 0 Å². The Morgan fingerprint density at radius 2 is 1.21 bits per heavy atom. The molecule has 0 aliphatic carbocycles. The van der Waals surface area contributed by atoms with Crippen LogP contribution < -0.4 is 0 Å². The number of carboxylic acids is 1. The molecule has 0 aromatic carbocycles. The molecule has 0 aliphatic heterocycles. The molecule has 0 bridgehead atoms. The van der Waals surface area contributed by atoms with Gasteiger partial charge in [0.15, 0.2) is 5.91 Å². The molecule has 19 heavy (non-hydrogen) atoms. The number of carboxylic acid groups (broad SMARTS) is 1. The number of carbonyl (C=O) groups excluding carboxylic acids is 3. The van der Waals surface area contributed by atoms with Crippen molar-refractivity contribution in [1.29, 1.82) is 0 Å². The summed E-state index contributed by atoms with van der Waals surface area (Å²) in [5, 5.41) is 17.8. The maximum absolute atomic E-state index is 10.9. The monoisotopic (exact) mass is 375 g/mol. The normalized spacial score (nSPS) is 8.42. The fourth-order valence-electron chi connectivity index (χ4n) is 0.658. The topological polar surface area (TPSA) is 148 Å². The van der Waals surface area contributed by atoms with Crippen molar-refractivity contribution in [2.24, 2.45) is 0 Å². The van der Waals surface area contributed by atoms with E-state index < -0.39 is 23.7 Å². The van der Waals surface area contributed by atoms with Crippen molar-refractivity contribution in [3.05, 3.63) is 16.0 Å². The molecule has 0 aliphatic rings. The van der Waals surface area contributed by atoms with Gasteiger partial charge in [-0.3, -0.25) is 0 Å². The predicted octanol–water partition coefficient (Wildman–Crippen LogP) is -0.420. The molecule has 0 atom stereocenters. The summed E-state index contributed by atoms with van der Waals surface area (Å²) in [4.78, 5) is 42.4. The Balaban J connectivity index is 0. The van der Waals surface area contributed by atoms with Gasteiger partial charge in [-0.2, -0.15) is 12.6 Å². The van der Waals surface area contributed by atoms with Crippen LogP contribution in [-0.2, 0) is 41.5 Å². The molecule has 1 N–H and O–H groups in total. The molecule has 0 rings (SSSR count). The van der Waals surface area contributed by atoms with E-state index in [1.165, 1.54) is 0 Å². The first-order valence-corrected chi connectivity index (χ1v) is 6.02. The maximum atomic E-state index is 10.9. The molecule has 0 heterocycles. The van der Waals surface area contributed by atoms with Gasteiger partial charge in [0.2, 0.25) is 0 Å². The van der Waals surface area contributed by atoms with Gasteiger partial charge in [-0.05, 0) is 5.75 Å². The fraction of sp³-hybridized carbons (Fsp3) is 0.500. The van der Waals surface area contributed by atoms with E-state index in [1.807, 2.05) is 0 Å². The summed E-state index contributed by atoms with van der Waals surface area (Å²) in [6.07, 6.45) is 0. The summed E-state index contributed by atoms with van der Waals surface area (Å²) in [5.41, 5.74) is 0. The van der Waals surface area contributed by atoms with E-state index in [-0.39, 0.29) is 19.6 Å². The number of hydrogen-bond donors (Lipinski definition) is 2. The Labute approximate surface area is 124 Å². The number of carbonyl (C=O) groups is 4. The number of thiol groups is 1. The molecular formula is C8H10N3O6STc. The first kappa shape index (κ1) is 20.0. The van der Waals surface area contributed by atoms with Crippen molar-refractivity contribution in [2.75, 3.05) is 25.4 Å². The summed E-state index contributed by atoms with van der Waals surface area (Å²) in [7, 11) is 0. The van der Waals surface area contributed by atoms with E-state index >= 15 is 0 Å². The molecule has 0 spiro atoms. The fourth-order valence-corrected chi connectivity index (χ4v) is 0.758. The van der Waals surface area contributed by atoms with E-state index in [9.17, 15) is 19.2 Å². The van der Waals surface area contributed by atoms with E-state index in [2.05, 4.69) is 28.6 Å². The summed E-state index contributed by atoms with van der Waals surface area (Å²) in [6.45, 7) is -0.387. The van der Waals surface area contributed by atoms with Crippen molar-refractivity contribution in [3.63, 3.8) is 0 Å². The number of amides is 3. The molecule has 0 saturated carbocycles. The Morgan fingerprint density at radius 1 is 0.842 bits per heavy atom. The summed E-state index contributed by atoms with van der Waals surface area (Å²) < 4.78 is 8.22. The standard InChI is InChI=1S/C8H13N3O5S.O.Tc/c12-5(6(13)11-3-4-17)9-1-2-10-7(14)8(15)16;;/h1-4H2,(H5,9,10,11,12,13,14,15,16,17);;/q;;+3/p-3/i;;1+1. The van der Waals surface area contributed by atoms with Gasteiger partial charge in [-0.25, -0.2) is 4.79 Å². The molecule has 3 amide bonds. The van der Waals surface area contributed by atoms with E-state index in [1.54, 1.807) is 0 Å². The number of hydrogen-bond acceptors (Lipinski definition) is 6.